The van der Waals surface area contributed by atoms with E-state index in [2.05, 4.69) is 19.6 Å². The van der Waals surface area contributed by atoms with Gasteiger partial charge in [-0.15, -0.1) is 0 Å². The Balaban J connectivity index is 0.000000117. The van der Waals surface area contributed by atoms with E-state index in [1.807, 2.05) is 0 Å². The van der Waals surface area contributed by atoms with Crippen LogP contribution < -0.4 is 0 Å². The third-order valence-corrected chi connectivity index (χ3v) is 3.45. The fourth-order valence-corrected chi connectivity index (χ4v) is 2.98. The highest BCUT2D eigenvalue weighted by Crippen LogP contribution is 2.20. The van der Waals surface area contributed by atoms with Gasteiger partial charge in [0.05, 0.1) is 40.0 Å². The number of phenols is 2. The molecule has 104 valence electrons. The van der Waals surface area contributed by atoms with Crippen molar-refractivity contribution in [2.75, 3.05) is 40.0 Å². The first kappa shape index (κ1) is 12.7. The summed E-state index contributed by atoms with van der Waals surface area (Å²) in [5.74, 6) is 0.208. The van der Waals surface area contributed by atoms with Crippen molar-refractivity contribution >= 4 is 0 Å². The molecule has 1 aromatic rings. The molecule has 0 unspecified atom stereocenters. The van der Waals surface area contributed by atoms with Crippen LogP contribution in [-0.2, 0) is 0 Å². The van der Waals surface area contributed by atoms with E-state index < -0.39 is 0 Å². The summed E-state index contributed by atoms with van der Waals surface area (Å²) in [4.78, 5) is 9.88. The van der Waals surface area contributed by atoms with Crippen molar-refractivity contribution in [3.63, 3.8) is 0 Å². The summed E-state index contributed by atoms with van der Waals surface area (Å²) in [5, 5.41) is 17.7. The number of aromatic hydroxyl groups is 2. The lowest BCUT2D eigenvalue weighted by Gasteiger charge is -2.56. The Bertz CT molecular complexity index is 359. The van der Waals surface area contributed by atoms with Crippen LogP contribution in [0.1, 0.15) is 5.56 Å². The van der Waals surface area contributed by atoms with Gasteiger partial charge in [-0.05, 0) is 24.6 Å². The van der Waals surface area contributed by atoms with E-state index in [-0.39, 0.29) is 11.5 Å². The molecule has 2 N–H and O–H groups in total. The van der Waals surface area contributed by atoms with Crippen molar-refractivity contribution in [1.29, 1.82) is 0 Å². The summed E-state index contributed by atoms with van der Waals surface area (Å²) >= 11 is 0. The van der Waals surface area contributed by atoms with Crippen LogP contribution in [0.3, 0.4) is 0 Å². The molecular weight excluding hydrogens is 244 g/mol. The molecule has 4 heterocycles. The zero-order valence-electron chi connectivity index (χ0n) is 11.2. The normalized spacial score (nSPS) is 34.8. The molecule has 0 radical (unpaired) electrons. The molecule has 4 bridgehead atoms. The van der Waals surface area contributed by atoms with E-state index in [0.717, 1.165) is 5.56 Å². The summed E-state index contributed by atoms with van der Waals surface area (Å²) in [5.41, 5.74) is 0.854. The second-order valence-electron chi connectivity index (χ2n) is 5.56. The lowest BCUT2D eigenvalue weighted by atomic mass is 10.2. The van der Waals surface area contributed by atoms with Crippen LogP contribution in [0.4, 0.5) is 0 Å². The Kier molecular flexibility index (Phi) is 3.32. The van der Waals surface area contributed by atoms with Crippen molar-refractivity contribution in [2.24, 2.45) is 0 Å². The van der Waals surface area contributed by atoms with Crippen molar-refractivity contribution in [1.82, 2.24) is 19.6 Å². The topological polar surface area (TPSA) is 53.4 Å². The lowest BCUT2D eigenvalue weighted by molar-refractivity contribution is -0.194. The van der Waals surface area contributed by atoms with E-state index in [1.165, 1.54) is 46.1 Å². The molecule has 0 spiro atoms. The monoisotopic (exact) mass is 264 g/mol. The van der Waals surface area contributed by atoms with E-state index in [4.69, 9.17) is 10.2 Å². The Hall–Kier alpha value is -1.34. The molecule has 4 aliphatic rings. The van der Waals surface area contributed by atoms with E-state index >= 15 is 0 Å². The number of rotatable bonds is 0. The van der Waals surface area contributed by atoms with Gasteiger partial charge in [-0.1, -0.05) is 0 Å². The Labute approximate surface area is 113 Å². The summed E-state index contributed by atoms with van der Waals surface area (Å²) in [6, 6.07) is 4.46. The highest BCUT2D eigenvalue weighted by atomic mass is 16.3. The number of hydrogen-bond donors (Lipinski definition) is 2. The molecule has 4 aliphatic heterocycles. The fraction of sp³-hybridized carbons (Fsp3) is 0.538. The molecular formula is C13H20N4O2. The zero-order valence-corrected chi connectivity index (χ0v) is 11.2. The second-order valence-corrected chi connectivity index (χ2v) is 5.56. The molecule has 0 amide bonds. The van der Waals surface area contributed by atoms with Gasteiger partial charge >= 0.3 is 0 Å². The van der Waals surface area contributed by atoms with Crippen molar-refractivity contribution < 1.29 is 10.2 Å². The maximum absolute atomic E-state index is 8.83. The Morgan fingerprint density at radius 2 is 1.00 bits per heavy atom. The molecule has 0 aromatic heterocycles. The maximum Gasteiger partial charge on any atom is 0.119 e. The number of nitrogens with zero attached hydrogens (tertiary/aromatic N) is 4. The summed E-state index contributed by atoms with van der Waals surface area (Å²) < 4.78 is 0. The van der Waals surface area contributed by atoms with Crippen LogP contribution in [0, 0.1) is 6.92 Å². The minimum atomic E-state index is 0.104. The van der Waals surface area contributed by atoms with Gasteiger partial charge in [-0.3, -0.25) is 19.6 Å². The third kappa shape index (κ3) is 2.98. The molecule has 4 saturated heterocycles. The highest BCUT2D eigenvalue weighted by molar-refractivity contribution is 5.35. The van der Waals surface area contributed by atoms with Gasteiger partial charge in [-0.25, -0.2) is 0 Å². The van der Waals surface area contributed by atoms with Crippen molar-refractivity contribution in [3.05, 3.63) is 23.8 Å². The summed E-state index contributed by atoms with van der Waals surface area (Å²) in [6.07, 6.45) is 0. The molecule has 6 heteroatoms. The predicted octanol–water partition coefficient (Wildman–Crippen LogP) is 0.386. The first-order valence-electron chi connectivity index (χ1n) is 6.47. The van der Waals surface area contributed by atoms with E-state index in [0.29, 0.717) is 0 Å². The average molecular weight is 264 g/mol. The van der Waals surface area contributed by atoms with Gasteiger partial charge in [0.25, 0.3) is 0 Å². The fourth-order valence-electron chi connectivity index (χ4n) is 2.98. The number of benzene rings is 1. The maximum atomic E-state index is 8.83. The van der Waals surface area contributed by atoms with Crippen LogP contribution in [0.15, 0.2) is 18.2 Å². The largest absolute Gasteiger partial charge is 0.508 e. The lowest BCUT2D eigenvalue weighted by Crippen LogP contribution is -2.71. The van der Waals surface area contributed by atoms with E-state index in [9.17, 15) is 0 Å². The standard InChI is InChI=1S/C7H8O2.C6H12N4/c1-5-2-6(8)4-7(9)3-5;1-7-2-9-4-8(1)5-10(3-7)6-9/h2-4,8-9H,1H3;1-6H2. The van der Waals surface area contributed by atoms with Crippen molar-refractivity contribution in [3.8, 4) is 11.5 Å². The molecule has 0 aliphatic carbocycles. The molecule has 0 saturated carbocycles. The summed E-state index contributed by atoms with van der Waals surface area (Å²) in [6.45, 7) is 8.93. The van der Waals surface area contributed by atoms with Gasteiger partial charge < -0.3 is 10.2 Å². The quantitative estimate of drug-likeness (QED) is 0.707. The van der Waals surface area contributed by atoms with Gasteiger partial charge in [-0.2, -0.15) is 0 Å². The number of phenolic OH excluding ortho intramolecular Hbond substituents is 2. The zero-order chi connectivity index (χ0) is 13.4. The molecule has 6 nitrogen and oxygen atoms in total. The van der Waals surface area contributed by atoms with Gasteiger partial charge in [0.2, 0.25) is 0 Å². The highest BCUT2D eigenvalue weighted by Gasteiger charge is 2.36. The second kappa shape index (κ2) is 4.97. The van der Waals surface area contributed by atoms with Crippen LogP contribution in [0.25, 0.3) is 0 Å². The van der Waals surface area contributed by atoms with Gasteiger partial charge in [0.1, 0.15) is 11.5 Å². The smallest absolute Gasteiger partial charge is 0.119 e. The minimum absolute atomic E-state index is 0.104. The third-order valence-electron chi connectivity index (χ3n) is 3.45. The molecule has 1 aromatic carbocycles. The van der Waals surface area contributed by atoms with Crippen LogP contribution in [0.2, 0.25) is 0 Å². The SMILES string of the molecule is C1N2CN3CN1CN(C2)C3.Cc1cc(O)cc(O)c1. The number of hydrogen-bond acceptors (Lipinski definition) is 6. The molecule has 0 atom stereocenters. The first-order chi connectivity index (χ1) is 9.08. The van der Waals surface area contributed by atoms with Crippen LogP contribution >= 0.6 is 0 Å². The average Bonchev–Trinajstić information content (AvgIpc) is 2.25. The first-order valence-corrected chi connectivity index (χ1v) is 6.47. The van der Waals surface area contributed by atoms with Crippen molar-refractivity contribution in [2.45, 2.75) is 6.92 Å². The Morgan fingerprint density at radius 3 is 1.26 bits per heavy atom. The van der Waals surface area contributed by atoms with Crippen LogP contribution in [0.5, 0.6) is 11.5 Å². The van der Waals surface area contributed by atoms with Gasteiger partial charge in [0, 0.05) is 6.07 Å². The minimum Gasteiger partial charge on any atom is -0.508 e. The number of aryl methyl sites for hydroxylation is 1. The molecule has 5 rings (SSSR count). The summed E-state index contributed by atoms with van der Waals surface area (Å²) in [7, 11) is 0. The molecule has 19 heavy (non-hydrogen) atoms. The molecule has 4 fully saturated rings. The van der Waals surface area contributed by atoms with E-state index in [1.54, 1.807) is 19.1 Å². The Morgan fingerprint density at radius 1 is 0.684 bits per heavy atom. The van der Waals surface area contributed by atoms with Crippen LogP contribution in [-0.4, -0.2) is 69.8 Å². The van der Waals surface area contributed by atoms with Gasteiger partial charge in [0.15, 0.2) is 0 Å². The predicted molar refractivity (Wildman–Crippen MR) is 71.1 cm³/mol.